The van der Waals surface area contributed by atoms with Crippen molar-refractivity contribution < 1.29 is 9.18 Å². The van der Waals surface area contributed by atoms with E-state index in [9.17, 15) is 9.18 Å². The number of nitrogens with one attached hydrogen (secondary N) is 2. The van der Waals surface area contributed by atoms with Crippen LogP contribution in [0.15, 0.2) is 60.8 Å². The molecule has 0 fully saturated rings. The number of carbonyl (C=O) groups excluding carboxylic acids is 1. The first kappa shape index (κ1) is 17.6. The highest BCUT2D eigenvalue weighted by molar-refractivity contribution is 6.03. The van der Waals surface area contributed by atoms with Gasteiger partial charge in [0.05, 0.1) is 11.9 Å². The van der Waals surface area contributed by atoms with Gasteiger partial charge in [-0.05, 0) is 49.2 Å². The van der Waals surface area contributed by atoms with Crippen LogP contribution in [0.4, 0.5) is 15.8 Å². The number of nitrogens with zero attached hydrogens (tertiary/aromatic N) is 1. The lowest BCUT2D eigenvalue weighted by Gasteiger charge is -2.11. The molecule has 3 aromatic rings. The summed E-state index contributed by atoms with van der Waals surface area (Å²) in [6.07, 6.45) is 1.57. The Labute approximate surface area is 152 Å². The van der Waals surface area contributed by atoms with Crippen LogP contribution < -0.4 is 10.6 Å². The van der Waals surface area contributed by atoms with Gasteiger partial charge in [-0.15, -0.1) is 0 Å². The molecule has 0 aliphatic heterocycles. The fourth-order valence-electron chi connectivity index (χ4n) is 2.54. The van der Waals surface area contributed by atoms with Crippen molar-refractivity contribution in [2.45, 2.75) is 20.4 Å². The van der Waals surface area contributed by atoms with Crippen molar-refractivity contribution >= 4 is 17.3 Å². The highest BCUT2D eigenvalue weighted by Gasteiger charge is 2.10. The highest BCUT2D eigenvalue weighted by atomic mass is 19.1. The Balaban J connectivity index is 1.64. The Bertz CT molecular complexity index is 923. The average molecular weight is 349 g/mol. The molecule has 1 amide bonds. The number of amides is 1. The van der Waals surface area contributed by atoms with Crippen molar-refractivity contribution in [3.05, 3.63) is 89.0 Å². The summed E-state index contributed by atoms with van der Waals surface area (Å²) in [5.41, 5.74) is 4.54. The molecule has 26 heavy (non-hydrogen) atoms. The largest absolute Gasteiger partial charge is 0.380 e. The van der Waals surface area contributed by atoms with E-state index in [0.717, 1.165) is 22.5 Å². The third kappa shape index (κ3) is 4.06. The minimum Gasteiger partial charge on any atom is -0.380 e. The summed E-state index contributed by atoms with van der Waals surface area (Å²) in [7, 11) is 0. The number of aromatic nitrogens is 1. The second kappa shape index (κ2) is 7.78. The van der Waals surface area contributed by atoms with Crippen LogP contribution in [-0.4, -0.2) is 10.9 Å². The van der Waals surface area contributed by atoms with Gasteiger partial charge in [0.2, 0.25) is 0 Å². The molecule has 1 aromatic heterocycles. The van der Waals surface area contributed by atoms with Crippen molar-refractivity contribution in [3.8, 4) is 0 Å². The van der Waals surface area contributed by atoms with E-state index >= 15 is 0 Å². The summed E-state index contributed by atoms with van der Waals surface area (Å²) >= 11 is 0. The molecule has 0 spiro atoms. The van der Waals surface area contributed by atoms with Gasteiger partial charge in [0.25, 0.3) is 5.91 Å². The molecule has 0 aliphatic carbocycles. The molecule has 3 rings (SSSR count). The topological polar surface area (TPSA) is 54.0 Å². The molecule has 0 radical (unpaired) electrons. The number of pyridine rings is 1. The fourth-order valence-corrected chi connectivity index (χ4v) is 2.54. The van der Waals surface area contributed by atoms with Crippen molar-refractivity contribution in [1.29, 1.82) is 0 Å². The molecule has 0 saturated heterocycles. The third-order valence-electron chi connectivity index (χ3n) is 4.29. The highest BCUT2D eigenvalue weighted by Crippen LogP contribution is 2.19. The standard InChI is InChI=1S/C21H20FN3O/c1-14-6-5-9-19(15(14)2)25-21(26)20-11-10-17(13-24-20)23-12-16-7-3-4-8-18(16)22/h3-11,13,23H,12H2,1-2H3,(H,25,26). The van der Waals surface area contributed by atoms with E-state index in [4.69, 9.17) is 0 Å². The number of benzene rings is 2. The monoisotopic (exact) mass is 349 g/mol. The summed E-state index contributed by atoms with van der Waals surface area (Å²) in [6, 6.07) is 15.8. The number of aryl methyl sites for hydroxylation is 1. The van der Waals surface area contributed by atoms with Crippen molar-refractivity contribution in [2.24, 2.45) is 0 Å². The van der Waals surface area contributed by atoms with Gasteiger partial charge in [0.15, 0.2) is 0 Å². The van der Waals surface area contributed by atoms with Crippen LogP contribution in [-0.2, 0) is 6.54 Å². The summed E-state index contributed by atoms with van der Waals surface area (Å²) in [4.78, 5) is 16.6. The van der Waals surface area contributed by atoms with E-state index < -0.39 is 0 Å². The molecule has 0 unspecified atom stereocenters. The Morgan fingerprint density at radius 3 is 2.58 bits per heavy atom. The van der Waals surface area contributed by atoms with Gasteiger partial charge >= 0.3 is 0 Å². The molecule has 2 aromatic carbocycles. The predicted molar refractivity (Wildman–Crippen MR) is 102 cm³/mol. The maximum atomic E-state index is 13.6. The van der Waals surface area contributed by atoms with E-state index in [1.54, 1.807) is 36.5 Å². The molecular formula is C21H20FN3O. The first-order valence-corrected chi connectivity index (χ1v) is 8.35. The van der Waals surface area contributed by atoms with Gasteiger partial charge in [-0.1, -0.05) is 30.3 Å². The quantitative estimate of drug-likeness (QED) is 0.702. The molecule has 0 saturated carbocycles. The molecule has 0 bridgehead atoms. The maximum absolute atomic E-state index is 13.6. The van der Waals surface area contributed by atoms with E-state index in [1.165, 1.54) is 6.07 Å². The van der Waals surface area contributed by atoms with E-state index in [-0.39, 0.29) is 11.7 Å². The SMILES string of the molecule is Cc1cccc(NC(=O)c2ccc(NCc3ccccc3F)cn2)c1C. The lowest BCUT2D eigenvalue weighted by molar-refractivity contribution is 0.102. The van der Waals surface area contributed by atoms with Crippen molar-refractivity contribution in [1.82, 2.24) is 4.98 Å². The van der Waals surface area contributed by atoms with Gasteiger partial charge in [-0.25, -0.2) is 9.37 Å². The number of anilines is 2. The average Bonchev–Trinajstić information content (AvgIpc) is 2.65. The zero-order valence-electron chi connectivity index (χ0n) is 14.7. The Morgan fingerprint density at radius 1 is 1.04 bits per heavy atom. The Morgan fingerprint density at radius 2 is 1.85 bits per heavy atom. The van der Waals surface area contributed by atoms with Gasteiger partial charge in [0, 0.05) is 17.8 Å². The van der Waals surface area contributed by atoms with Crippen LogP contribution in [0.2, 0.25) is 0 Å². The smallest absolute Gasteiger partial charge is 0.274 e. The maximum Gasteiger partial charge on any atom is 0.274 e. The number of rotatable bonds is 5. The van der Waals surface area contributed by atoms with Gasteiger partial charge in [-0.2, -0.15) is 0 Å². The number of hydrogen-bond acceptors (Lipinski definition) is 3. The molecule has 0 aliphatic rings. The first-order valence-electron chi connectivity index (χ1n) is 8.35. The second-order valence-electron chi connectivity index (χ2n) is 6.08. The molecule has 5 heteroatoms. The number of hydrogen-bond donors (Lipinski definition) is 2. The zero-order chi connectivity index (χ0) is 18.5. The van der Waals surface area contributed by atoms with Crippen LogP contribution in [0.3, 0.4) is 0 Å². The van der Waals surface area contributed by atoms with E-state index in [2.05, 4.69) is 15.6 Å². The van der Waals surface area contributed by atoms with E-state index in [1.807, 2.05) is 32.0 Å². The molecule has 0 atom stereocenters. The number of carbonyl (C=O) groups is 1. The van der Waals surface area contributed by atoms with Crippen LogP contribution in [0.25, 0.3) is 0 Å². The third-order valence-corrected chi connectivity index (χ3v) is 4.29. The van der Waals surface area contributed by atoms with Crippen molar-refractivity contribution in [3.63, 3.8) is 0 Å². The predicted octanol–water partition coefficient (Wildman–Crippen LogP) is 4.70. The Kier molecular flexibility index (Phi) is 5.27. The summed E-state index contributed by atoms with van der Waals surface area (Å²) in [5, 5.41) is 5.98. The minimum absolute atomic E-state index is 0.252. The van der Waals surface area contributed by atoms with Crippen LogP contribution in [0.1, 0.15) is 27.2 Å². The summed E-state index contributed by atoms with van der Waals surface area (Å²) in [5.74, 6) is -0.517. The summed E-state index contributed by atoms with van der Waals surface area (Å²) in [6.45, 7) is 4.32. The molecule has 2 N–H and O–H groups in total. The minimum atomic E-state index is -0.264. The van der Waals surface area contributed by atoms with Gasteiger partial charge in [-0.3, -0.25) is 4.79 Å². The lowest BCUT2D eigenvalue weighted by Crippen LogP contribution is -2.14. The van der Waals surface area contributed by atoms with Crippen LogP contribution >= 0.6 is 0 Å². The molecule has 4 nitrogen and oxygen atoms in total. The first-order chi connectivity index (χ1) is 12.5. The van der Waals surface area contributed by atoms with Crippen LogP contribution in [0.5, 0.6) is 0 Å². The molecular weight excluding hydrogens is 329 g/mol. The van der Waals surface area contributed by atoms with E-state index in [0.29, 0.717) is 17.8 Å². The molecule has 132 valence electrons. The summed E-state index contributed by atoms with van der Waals surface area (Å²) < 4.78 is 13.6. The van der Waals surface area contributed by atoms with Crippen molar-refractivity contribution in [2.75, 3.05) is 10.6 Å². The Hall–Kier alpha value is -3.21. The number of halogens is 1. The fraction of sp³-hybridized carbons (Fsp3) is 0.143. The van der Waals surface area contributed by atoms with Gasteiger partial charge in [0.1, 0.15) is 11.5 Å². The lowest BCUT2D eigenvalue weighted by atomic mass is 10.1. The second-order valence-corrected chi connectivity index (χ2v) is 6.08. The van der Waals surface area contributed by atoms with Crippen LogP contribution in [0, 0.1) is 19.7 Å². The normalized spacial score (nSPS) is 10.4. The van der Waals surface area contributed by atoms with Gasteiger partial charge < -0.3 is 10.6 Å². The zero-order valence-corrected chi connectivity index (χ0v) is 14.7. The molecule has 1 heterocycles.